The van der Waals surface area contributed by atoms with Crippen molar-refractivity contribution < 1.29 is 0 Å². The number of rotatable bonds is 1. The molecule has 0 saturated carbocycles. The Morgan fingerprint density at radius 3 is 2.82 bits per heavy atom. The van der Waals surface area contributed by atoms with Crippen LogP contribution in [0.2, 0.25) is 0 Å². The summed E-state index contributed by atoms with van der Waals surface area (Å²) in [7, 11) is 0. The van der Waals surface area contributed by atoms with Crippen molar-refractivity contribution in [3.8, 4) is 0 Å². The summed E-state index contributed by atoms with van der Waals surface area (Å²) < 4.78 is 0. The van der Waals surface area contributed by atoms with E-state index in [-0.39, 0.29) is 0 Å². The Morgan fingerprint density at radius 1 is 1.18 bits per heavy atom. The van der Waals surface area contributed by atoms with Gasteiger partial charge in [0, 0.05) is 0 Å². The van der Waals surface area contributed by atoms with Crippen LogP contribution in [0.1, 0.15) is 30.0 Å². The van der Waals surface area contributed by atoms with Gasteiger partial charge in [0.25, 0.3) is 0 Å². The van der Waals surface area contributed by atoms with E-state index in [1.165, 1.54) is 31.2 Å². The number of aryl methyl sites for hydroxylation is 3. The van der Waals surface area contributed by atoms with Crippen LogP contribution in [0.5, 0.6) is 0 Å². The van der Waals surface area contributed by atoms with E-state index in [2.05, 4.69) is 25.1 Å². The summed E-state index contributed by atoms with van der Waals surface area (Å²) in [6, 6.07) is 6.95. The van der Waals surface area contributed by atoms with Crippen LogP contribution in [0, 0.1) is 0 Å². The average molecular weight is 146 g/mol. The molecule has 1 aliphatic rings. The van der Waals surface area contributed by atoms with Crippen LogP contribution < -0.4 is 0 Å². The van der Waals surface area contributed by atoms with Crippen LogP contribution in [-0.4, -0.2) is 0 Å². The topological polar surface area (TPSA) is 0 Å². The van der Waals surface area contributed by atoms with Crippen molar-refractivity contribution in [1.29, 1.82) is 0 Å². The highest BCUT2D eigenvalue weighted by Crippen LogP contribution is 2.22. The van der Waals surface area contributed by atoms with Gasteiger partial charge in [-0.2, -0.15) is 0 Å². The Balaban J connectivity index is 2.41. The minimum atomic E-state index is 1.17. The predicted octanol–water partition coefficient (Wildman–Crippen LogP) is 2.74. The standard InChI is InChI=1S/C11H14/c1-2-9-6-7-10-4-3-5-11(10)8-9/h6-8H,2-5H2,1H3. The molecule has 1 aliphatic carbocycles. The van der Waals surface area contributed by atoms with E-state index in [1.807, 2.05) is 0 Å². The summed E-state index contributed by atoms with van der Waals surface area (Å²) in [6.07, 6.45) is 5.15. The first-order valence-electron chi connectivity index (χ1n) is 4.51. The highest BCUT2D eigenvalue weighted by molar-refractivity contribution is 5.35. The van der Waals surface area contributed by atoms with Gasteiger partial charge in [0.05, 0.1) is 0 Å². The van der Waals surface area contributed by atoms with Crippen LogP contribution in [-0.2, 0) is 19.3 Å². The zero-order chi connectivity index (χ0) is 7.68. The molecule has 2 rings (SSSR count). The van der Waals surface area contributed by atoms with E-state index in [1.54, 1.807) is 11.1 Å². The quantitative estimate of drug-likeness (QED) is 0.571. The summed E-state index contributed by atoms with van der Waals surface area (Å²) in [5.41, 5.74) is 4.68. The maximum absolute atomic E-state index is 2.38. The number of benzene rings is 1. The van der Waals surface area contributed by atoms with Crippen molar-refractivity contribution in [2.24, 2.45) is 0 Å². The van der Waals surface area contributed by atoms with E-state index in [9.17, 15) is 0 Å². The second-order valence-corrected chi connectivity index (χ2v) is 3.31. The van der Waals surface area contributed by atoms with Gasteiger partial charge in [-0.1, -0.05) is 25.1 Å². The largest absolute Gasteiger partial charge is 0.0613 e. The fourth-order valence-corrected chi connectivity index (χ4v) is 1.85. The molecule has 0 saturated heterocycles. The normalized spacial score (nSPS) is 15.0. The van der Waals surface area contributed by atoms with Gasteiger partial charge in [-0.3, -0.25) is 0 Å². The molecule has 0 N–H and O–H groups in total. The molecule has 0 heterocycles. The SMILES string of the molecule is CCc1ccc2c(c1)CCC2. The van der Waals surface area contributed by atoms with Gasteiger partial charge in [0.2, 0.25) is 0 Å². The maximum Gasteiger partial charge on any atom is -0.0273 e. The second-order valence-electron chi connectivity index (χ2n) is 3.31. The lowest BCUT2D eigenvalue weighted by Crippen LogP contribution is -1.85. The molecule has 0 radical (unpaired) electrons. The summed E-state index contributed by atoms with van der Waals surface area (Å²) in [6.45, 7) is 2.22. The summed E-state index contributed by atoms with van der Waals surface area (Å²) in [4.78, 5) is 0. The van der Waals surface area contributed by atoms with E-state index in [0.717, 1.165) is 0 Å². The lowest BCUT2D eigenvalue weighted by Gasteiger charge is -2.00. The van der Waals surface area contributed by atoms with E-state index < -0.39 is 0 Å². The van der Waals surface area contributed by atoms with Crippen molar-refractivity contribution in [1.82, 2.24) is 0 Å². The van der Waals surface area contributed by atoms with Gasteiger partial charge in [-0.15, -0.1) is 0 Å². The summed E-state index contributed by atoms with van der Waals surface area (Å²) in [5, 5.41) is 0. The minimum absolute atomic E-state index is 1.17. The zero-order valence-electron chi connectivity index (χ0n) is 7.06. The van der Waals surface area contributed by atoms with Gasteiger partial charge < -0.3 is 0 Å². The van der Waals surface area contributed by atoms with Crippen LogP contribution in [0.3, 0.4) is 0 Å². The van der Waals surface area contributed by atoms with Crippen molar-refractivity contribution >= 4 is 0 Å². The first kappa shape index (κ1) is 6.90. The third-order valence-corrected chi connectivity index (χ3v) is 2.57. The third kappa shape index (κ3) is 1.18. The zero-order valence-corrected chi connectivity index (χ0v) is 7.06. The van der Waals surface area contributed by atoms with Crippen molar-refractivity contribution in [2.45, 2.75) is 32.6 Å². The fraction of sp³-hybridized carbons (Fsp3) is 0.455. The van der Waals surface area contributed by atoms with Crippen molar-refractivity contribution in [3.63, 3.8) is 0 Å². The second kappa shape index (κ2) is 2.69. The lowest BCUT2D eigenvalue weighted by molar-refractivity contribution is 0.911. The average Bonchev–Trinajstić information content (AvgIpc) is 2.50. The highest BCUT2D eigenvalue weighted by Gasteiger charge is 2.09. The van der Waals surface area contributed by atoms with Crippen LogP contribution in [0.4, 0.5) is 0 Å². The van der Waals surface area contributed by atoms with Crippen molar-refractivity contribution in [3.05, 3.63) is 34.9 Å². The lowest BCUT2D eigenvalue weighted by atomic mass is 10.1. The van der Waals surface area contributed by atoms with E-state index >= 15 is 0 Å². The predicted molar refractivity (Wildman–Crippen MR) is 47.8 cm³/mol. The monoisotopic (exact) mass is 146 g/mol. The van der Waals surface area contributed by atoms with E-state index in [0.29, 0.717) is 0 Å². The van der Waals surface area contributed by atoms with Gasteiger partial charge in [-0.25, -0.2) is 0 Å². The molecular formula is C11H14. The molecule has 1 aromatic rings. The molecule has 0 fully saturated rings. The van der Waals surface area contributed by atoms with Gasteiger partial charge in [0.1, 0.15) is 0 Å². The van der Waals surface area contributed by atoms with Crippen LogP contribution in [0.25, 0.3) is 0 Å². The Bertz CT molecular complexity index is 261. The number of fused-ring (bicyclic) bond motifs is 1. The molecule has 0 amide bonds. The molecule has 0 nitrogen and oxygen atoms in total. The minimum Gasteiger partial charge on any atom is -0.0613 e. The molecular weight excluding hydrogens is 132 g/mol. The molecule has 0 bridgehead atoms. The molecule has 0 atom stereocenters. The Morgan fingerprint density at radius 2 is 2.00 bits per heavy atom. The smallest absolute Gasteiger partial charge is 0.0273 e. The first-order valence-corrected chi connectivity index (χ1v) is 4.51. The molecule has 0 spiro atoms. The van der Waals surface area contributed by atoms with Crippen molar-refractivity contribution in [2.75, 3.05) is 0 Å². The molecule has 0 aliphatic heterocycles. The third-order valence-electron chi connectivity index (χ3n) is 2.57. The molecule has 0 unspecified atom stereocenters. The molecule has 0 heteroatoms. The Labute approximate surface area is 68.3 Å². The molecule has 11 heavy (non-hydrogen) atoms. The Hall–Kier alpha value is -0.780. The van der Waals surface area contributed by atoms with Gasteiger partial charge in [0.15, 0.2) is 0 Å². The Kier molecular flexibility index (Phi) is 1.69. The van der Waals surface area contributed by atoms with Gasteiger partial charge >= 0.3 is 0 Å². The molecule has 1 aromatic carbocycles. The molecule has 0 aromatic heterocycles. The van der Waals surface area contributed by atoms with E-state index in [4.69, 9.17) is 0 Å². The van der Waals surface area contributed by atoms with Crippen LogP contribution >= 0.6 is 0 Å². The van der Waals surface area contributed by atoms with Gasteiger partial charge in [-0.05, 0) is 42.4 Å². The summed E-state index contributed by atoms with van der Waals surface area (Å²) in [5.74, 6) is 0. The summed E-state index contributed by atoms with van der Waals surface area (Å²) >= 11 is 0. The van der Waals surface area contributed by atoms with Crippen LogP contribution in [0.15, 0.2) is 18.2 Å². The molecule has 58 valence electrons. The number of hydrogen-bond donors (Lipinski definition) is 0. The first-order chi connectivity index (χ1) is 5.40. The number of hydrogen-bond acceptors (Lipinski definition) is 0. The fourth-order valence-electron chi connectivity index (χ4n) is 1.85. The highest BCUT2D eigenvalue weighted by atomic mass is 14.1. The maximum atomic E-state index is 2.38.